The van der Waals surface area contributed by atoms with E-state index in [1.807, 2.05) is 59.0 Å². The fraction of sp³-hybridized carbons (Fsp3) is 0.696. The predicted octanol–water partition coefficient (Wildman–Crippen LogP) is 4.97. The molecule has 0 aliphatic heterocycles. The Morgan fingerprint density at radius 1 is 0.759 bits per heavy atom. The number of hydrogen-bond acceptors (Lipinski definition) is 6. The number of carbonyl (C=O) groups excluding carboxylic acids is 1. The van der Waals surface area contributed by atoms with Gasteiger partial charge in [0.15, 0.2) is 5.78 Å². The zero-order valence-corrected chi connectivity index (χ0v) is 19.4. The van der Waals surface area contributed by atoms with E-state index in [9.17, 15) is 4.79 Å². The van der Waals surface area contributed by atoms with Crippen molar-refractivity contribution in [2.24, 2.45) is 0 Å². The molecule has 29 heavy (non-hydrogen) atoms. The smallest absolute Gasteiger partial charge is 0.155 e. The van der Waals surface area contributed by atoms with Gasteiger partial charge in [0.1, 0.15) is 12.4 Å². The van der Waals surface area contributed by atoms with E-state index in [0.29, 0.717) is 26.4 Å². The number of hydrogen-bond donors (Lipinski definition) is 1. The van der Waals surface area contributed by atoms with Crippen molar-refractivity contribution >= 4 is 11.5 Å². The van der Waals surface area contributed by atoms with Crippen LogP contribution >= 0.6 is 0 Å². The Morgan fingerprint density at radius 2 is 1.28 bits per heavy atom. The second-order valence-corrected chi connectivity index (χ2v) is 5.66. The van der Waals surface area contributed by atoms with E-state index in [1.165, 1.54) is 6.92 Å². The van der Waals surface area contributed by atoms with E-state index < -0.39 is 0 Å². The molecule has 6 nitrogen and oxygen atoms in total. The maximum Gasteiger partial charge on any atom is 0.155 e. The van der Waals surface area contributed by atoms with Crippen LogP contribution in [0.5, 0.6) is 5.75 Å². The van der Waals surface area contributed by atoms with Gasteiger partial charge in [-0.3, -0.25) is 4.79 Å². The molecule has 0 saturated carbocycles. The highest BCUT2D eigenvalue weighted by molar-refractivity contribution is 5.76. The lowest BCUT2D eigenvalue weighted by atomic mass is 10.2. The van der Waals surface area contributed by atoms with E-state index in [2.05, 4.69) is 5.32 Å². The summed E-state index contributed by atoms with van der Waals surface area (Å²) >= 11 is 0. The lowest BCUT2D eigenvalue weighted by Crippen LogP contribution is -2.12. The molecular formula is C23H43NO5. The van der Waals surface area contributed by atoms with Gasteiger partial charge in [-0.05, 0) is 50.5 Å². The first-order valence-corrected chi connectivity index (χ1v) is 10.9. The minimum Gasteiger partial charge on any atom is -0.494 e. The Kier molecular flexibility index (Phi) is 24.9. The molecule has 1 rings (SSSR count). The Labute approximate surface area is 178 Å². The first-order valence-electron chi connectivity index (χ1n) is 10.9. The van der Waals surface area contributed by atoms with Gasteiger partial charge < -0.3 is 24.3 Å². The maximum atomic E-state index is 10.6. The van der Waals surface area contributed by atoms with Crippen LogP contribution in [0.25, 0.3) is 0 Å². The standard InChI is InChI=1S/C19H31NO5.2C2H6/c1-17(21)16-24-15-14-23-13-12-22-10-4-3-5-11-25-19-8-6-18(20-2)7-9-19;2*1-2/h6-9,20H,3-5,10-16H2,1-2H3;2*1-2H3. The van der Waals surface area contributed by atoms with Crippen LogP contribution in [-0.2, 0) is 19.0 Å². The molecule has 0 atom stereocenters. The van der Waals surface area contributed by atoms with Gasteiger partial charge in [-0.15, -0.1) is 0 Å². The molecule has 6 heteroatoms. The van der Waals surface area contributed by atoms with E-state index in [4.69, 9.17) is 18.9 Å². The Hall–Kier alpha value is -1.63. The monoisotopic (exact) mass is 413 g/mol. The van der Waals surface area contributed by atoms with E-state index >= 15 is 0 Å². The molecule has 0 unspecified atom stereocenters. The van der Waals surface area contributed by atoms with Crippen LogP contribution < -0.4 is 10.1 Å². The third-order valence-electron chi connectivity index (χ3n) is 3.39. The van der Waals surface area contributed by atoms with E-state index in [-0.39, 0.29) is 12.4 Å². The largest absolute Gasteiger partial charge is 0.494 e. The van der Waals surface area contributed by atoms with Gasteiger partial charge in [0, 0.05) is 19.3 Å². The number of anilines is 1. The third-order valence-corrected chi connectivity index (χ3v) is 3.39. The van der Waals surface area contributed by atoms with Crippen LogP contribution in [0.15, 0.2) is 24.3 Å². The summed E-state index contributed by atoms with van der Waals surface area (Å²) in [4.78, 5) is 10.6. The molecule has 0 aromatic heterocycles. The summed E-state index contributed by atoms with van der Waals surface area (Å²) in [6.07, 6.45) is 3.11. The summed E-state index contributed by atoms with van der Waals surface area (Å²) in [5, 5.41) is 3.08. The summed E-state index contributed by atoms with van der Waals surface area (Å²) in [7, 11) is 1.90. The SMILES string of the molecule is CC.CC.CNc1ccc(OCCCCCOCCOCCOCC(C)=O)cc1. The second-order valence-electron chi connectivity index (χ2n) is 5.66. The van der Waals surface area contributed by atoms with Crippen LogP contribution in [-0.4, -0.2) is 59.1 Å². The lowest BCUT2D eigenvalue weighted by molar-refractivity contribution is -0.122. The van der Waals surface area contributed by atoms with Gasteiger partial charge in [-0.1, -0.05) is 27.7 Å². The van der Waals surface area contributed by atoms with E-state index in [1.54, 1.807) is 0 Å². The Balaban J connectivity index is 0. The fourth-order valence-corrected chi connectivity index (χ4v) is 2.05. The zero-order chi connectivity index (χ0) is 22.2. The first kappa shape index (κ1) is 29.6. The molecule has 0 fully saturated rings. The molecule has 0 aliphatic rings. The van der Waals surface area contributed by atoms with E-state index in [0.717, 1.165) is 43.9 Å². The number of rotatable bonds is 16. The molecule has 170 valence electrons. The van der Waals surface area contributed by atoms with Gasteiger partial charge in [-0.2, -0.15) is 0 Å². The number of Topliss-reactive ketones (excluding diaryl/α,β-unsaturated/α-hetero) is 1. The van der Waals surface area contributed by atoms with Crippen molar-refractivity contribution in [3.8, 4) is 5.75 Å². The highest BCUT2D eigenvalue weighted by Gasteiger charge is 1.96. The fourth-order valence-electron chi connectivity index (χ4n) is 2.05. The number of unbranched alkanes of at least 4 members (excludes halogenated alkanes) is 2. The Bertz CT molecular complexity index is 451. The Morgan fingerprint density at radius 3 is 1.83 bits per heavy atom. The van der Waals surface area contributed by atoms with Crippen LogP contribution in [0.3, 0.4) is 0 Å². The second kappa shape index (κ2) is 24.4. The van der Waals surface area contributed by atoms with Crippen molar-refractivity contribution in [1.29, 1.82) is 0 Å². The van der Waals surface area contributed by atoms with Crippen molar-refractivity contribution in [2.75, 3.05) is 58.6 Å². The van der Waals surface area contributed by atoms with Crippen LogP contribution in [0.2, 0.25) is 0 Å². The highest BCUT2D eigenvalue weighted by Crippen LogP contribution is 2.15. The average molecular weight is 414 g/mol. The number of benzene rings is 1. The molecule has 0 heterocycles. The van der Waals surface area contributed by atoms with Gasteiger partial charge in [0.25, 0.3) is 0 Å². The first-order chi connectivity index (χ1) is 14.2. The van der Waals surface area contributed by atoms with Gasteiger partial charge in [0.2, 0.25) is 0 Å². The molecule has 0 spiro atoms. The third kappa shape index (κ3) is 20.9. The number of ether oxygens (including phenoxy) is 4. The summed E-state index contributed by atoms with van der Waals surface area (Å²) in [5.74, 6) is 0.931. The summed E-state index contributed by atoms with van der Waals surface area (Å²) < 4.78 is 21.6. The molecule has 0 bridgehead atoms. The molecule has 0 saturated heterocycles. The lowest BCUT2D eigenvalue weighted by Gasteiger charge is -2.08. The van der Waals surface area contributed by atoms with Gasteiger partial charge >= 0.3 is 0 Å². The van der Waals surface area contributed by atoms with Crippen molar-refractivity contribution < 1.29 is 23.7 Å². The number of ketones is 1. The van der Waals surface area contributed by atoms with Crippen molar-refractivity contribution in [1.82, 2.24) is 0 Å². The topological polar surface area (TPSA) is 66.0 Å². The minimum absolute atomic E-state index is 0.0282. The zero-order valence-electron chi connectivity index (χ0n) is 19.4. The minimum atomic E-state index is 0.0282. The number of nitrogens with one attached hydrogen (secondary N) is 1. The summed E-state index contributed by atoms with van der Waals surface area (Å²) in [6, 6.07) is 7.95. The molecule has 0 radical (unpaired) electrons. The molecule has 1 aromatic rings. The van der Waals surface area contributed by atoms with Crippen molar-refractivity contribution in [3.63, 3.8) is 0 Å². The number of carbonyl (C=O) groups is 1. The quantitative estimate of drug-likeness (QED) is 0.386. The van der Waals surface area contributed by atoms with Crippen LogP contribution in [0.4, 0.5) is 5.69 Å². The van der Waals surface area contributed by atoms with Gasteiger partial charge in [-0.25, -0.2) is 0 Å². The molecule has 0 amide bonds. The predicted molar refractivity (Wildman–Crippen MR) is 121 cm³/mol. The van der Waals surface area contributed by atoms with Crippen LogP contribution in [0.1, 0.15) is 53.9 Å². The van der Waals surface area contributed by atoms with Crippen molar-refractivity contribution in [3.05, 3.63) is 24.3 Å². The van der Waals surface area contributed by atoms with Crippen molar-refractivity contribution in [2.45, 2.75) is 53.9 Å². The maximum absolute atomic E-state index is 10.6. The summed E-state index contributed by atoms with van der Waals surface area (Å²) in [6.45, 7) is 13.2. The molecule has 1 N–H and O–H groups in total. The van der Waals surface area contributed by atoms with Crippen LogP contribution in [0, 0.1) is 0 Å². The average Bonchev–Trinajstić information content (AvgIpc) is 2.77. The molecular weight excluding hydrogens is 370 g/mol. The van der Waals surface area contributed by atoms with Gasteiger partial charge in [0.05, 0.1) is 33.0 Å². The molecule has 0 aliphatic carbocycles. The normalized spacial score (nSPS) is 9.59. The highest BCUT2D eigenvalue weighted by atomic mass is 16.5. The molecule has 1 aromatic carbocycles. The summed E-state index contributed by atoms with van der Waals surface area (Å²) in [5.41, 5.74) is 1.08.